The number of ether oxygens (including phenoxy) is 1. The summed E-state index contributed by atoms with van der Waals surface area (Å²) in [6.45, 7) is 2.06. The number of aryl methyl sites for hydroxylation is 1. The molecular weight excluding hydrogens is 199 g/mol. The number of alkyl halides is 1. The molecule has 82 valence electrons. The summed E-state index contributed by atoms with van der Waals surface area (Å²) in [7, 11) is 0. The van der Waals surface area contributed by atoms with E-state index in [4.69, 9.17) is 5.11 Å². The maximum atomic E-state index is 12.6. The van der Waals surface area contributed by atoms with Crippen molar-refractivity contribution < 1.29 is 19.0 Å². The van der Waals surface area contributed by atoms with Gasteiger partial charge in [-0.05, 0) is 24.1 Å². The lowest BCUT2D eigenvalue weighted by Gasteiger charge is -2.07. The van der Waals surface area contributed by atoms with E-state index in [0.29, 0.717) is 0 Å². The largest absolute Gasteiger partial charge is 0.476 e. The molecule has 1 N–H and O–H groups in total. The Morgan fingerprint density at radius 1 is 1.47 bits per heavy atom. The fourth-order valence-electron chi connectivity index (χ4n) is 1.19. The van der Waals surface area contributed by atoms with Crippen LogP contribution in [0.2, 0.25) is 0 Å². The molecular formula is C11H13FO3. The predicted molar refractivity (Wildman–Crippen MR) is 53.6 cm³/mol. The zero-order valence-electron chi connectivity index (χ0n) is 8.44. The Bertz CT molecular complexity index is 321. The van der Waals surface area contributed by atoms with Crippen LogP contribution in [0.3, 0.4) is 0 Å². The Morgan fingerprint density at radius 3 is 2.53 bits per heavy atom. The quantitative estimate of drug-likeness (QED) is 0.815. The van der Waals surface area contributed by atoms with Gasteiger partial charge in [0.15, 0.2) is 0 Å². The molecule has 0 spiro atoms. The van der Waals surface area contributed by atoms with E-state index >= 15 is 0 Å². The van der Waals surface area contributed by atoms with Crippen molar-refractivity contribution in [2.45, 2.75) is 26.1 Å². The molecule has 0 aliphatic heterocycles. The van der Waals surface area contributed by atoms with Gasteiger partial charge in [-0.15, -0.1) is 0 Å². The van der Waals surface area contributed by atoms with E-state index in [1.807, 2.05) is 0 Å². The second kappa shape index (κ2) is 5.34. The highest BCUT2D eigenvalue weighted by atomic mass is 19.1. The second-order valence-electron chi connectivity index (χ2n) is 3.17. The van der Waals surface area contributed by atoms with E-state index in [2.05, 4.69) is 11.7 Å². The molecule has 1 rings (SSSR count). The summed E-state index contributed by atoms with van der Waals surface area (Å²) < 4.78 is 17.2. The van der Waals surface area contributed by atoms with Gasteiger partial charge in [0.2, 0.25) is 0 Å². The van der Waals surface area contributed by atoms with Gasteiger partial charge in [-0.3, -0.25) is 0 Å². The number of carboxylic acid groups (broad SMARTS) is 1. The van der Waals surface area contributed by atoms with Crippen molar-refractivity contribution in [3.8, 4) is 5.75 Å². The van der Waals surface area contributed by atoms with E-state index in [0.717, 1.165) is 18.4 Å². The highest BCUT2D eigenvalue weighted by Crippen LogP contribution is 2.15. The van der Waals surface area contributed by atoms with Crippen LogP contribution in [0.1, 0.15) is 18.9 Å². The molecule has 0 aromatic heterocycles. The maximum absolute atomic E-state index is 12.6. The molecule has 0 heterocycles. The maximum Gasteiger partial charge on any atom is 0.378 e. The van der Waals surface area contributed by atoms with Crippen LogP contribution in [0.25, 0.3) is 0 Å². The Morgan fingerprint density at radius 2 is 2.07 bits per heavy atom. The van der Waals surface area contributed by atoms with Crippen LogP contribution in [0.15, 0.2) is 24.3 Å². The lowest BCUT2D eigenvalue weighted by Crippen LogP contribution is -2.21. The molecule has 1 aromatic rings. The fourth-order valence-corrected chi connectivity index (χ4v) is 1.19. The Balaban J connectivity index is 2.60. The minimum Gasteiger partial charge on any atom is -0.476 e. The van der Waals surface area contributed by atoms with Gasteiger partial charge in [0, 0.05) is 0 Å². The zero-order chi connectivity index (χ0) is 11.3. The van der Waals surface area contributed by atoms with Crippen molar-refractivity contribution in [3.63, 3.8) is 0 Å². The van der Waals surface area contributed by atoms with Crippen LogP contribution in [0.5, 0.6) is 5.75 Å². The van der Waals surface area contributed by atoms with Crippen molar-refractivity contribution in [3.05, 3.63) is 29.8 Å². The third kappa shape index (κ3) is 3.58. The molecule has 0 amide bonds. The Kier molecular flexibility index (Phi) is 4.09. The number of carbonyl (C=O) groups is 1. The van der Waals surface area contributed by atoms with Crippen molar-refractivity contribution in [1.82, 2.24) is 0 Å². The van der Waals surface area contributed by atoms with Crippen LogP contribution in [0, 0.1) is 0 Å². The van der Waals surface area contributed by atoms with Crippen LogP contribution in [-0.2, 0) is 11.2 Å². The minimum absolute atomic E-state index is 0.227. The molecule has 3 nitrogen and oxygen atoms in total. The first kappa shape index (κ1) is 11.5. The summed E-state index contributed by atoms with van der Waals surface area (Å²) in [5.41, 5.74) is 1.12. The van der Waals surface area contributed by atoms with Gasteiger partial charge >= 0.3 is 12.3 Å². The highest BCUT2D eigenvalue weighted by molar-refractivity contribution is 5.70. The number of benzene rings is 1. The molecule has 1 unspecified atom stereocenters. The molecule has 0 fully saturated rings. The number of aliphatic carboxylic acids is 1. The SMILES string of the molecule is CCCc1ccc(OC(F)C(=O)O)cc1. The van der Waals surface area contributed by atoms with E-state index in [1.54, 1.807) is 24.3 Å². The fraction of sp³-hybridized carbons (Fsp3) is 0.364. The number of hydrogen-bond donors (Lipinski definition) is 1. The first-order valence-electron chi connectivity index (χ1n) is 4.76. The molecule has 0 saturated carbocycles. The highest BCUT2D eigenvalue weighted by Gasteiger charge is 2.16. The minimum atomic E-state index is -2.30. The van der Waals surface area contributed by atoms with Crippen molar-refractivity contribution in [1.29, 1.82) is 0 Å². The first-order valence-corrected chi connectivity index (χ1v) is 4.76. The van der Waals surface area contributed by atoms with Crippen LogP contribution >= 0.6 is 0 Å². The Hall–Kier alpha value is -1.58. The molecule has 0 aliphatic carbocycles. The summed E-state index contributed by atoms with van der Waals surface area (Å²) in [6, 6.07) is 6.74. The van der Waals surface area contributed by atoms with Crippen molar-refractivity contribution in [2.75, 3.05) is 0 Å². The molecule has 0 saturated heterocycles. The van der Waals surface area contributed by atoms with Crippen molar-refractivity contribution >= 4 is 5.97 Å². The lowest BCUT2D eigenvalue weighted by molar-refractivity contribution is -0.153. The van der Waals surface area contributed by atoms with E-state index in [1.165, 1.54) is 0 Å². The first-order chi connectivity index (χ1) is 7.13. The average Bonchev–Trinajstić information content (AvgIpc) is 2.21. The second-order valence-corrected chi connectivity index (χ2v) is 3.17. The monoisotopic (exact) mass is 212 g/mol. The molecule has 0 bridgehead atoms. The predicted octanol–water partition coefficient (Wildman–Crippen LogP) is 2.40. The molecule has 1 aromatic carbocycles. The van der Waals surface area contributed by atoms with Gasteiger partial charge in [-0.2, -0.15) is 4.39 Å². The standard InChI is InChI=1S/C11H13FO3/c1-2-3-8-4-6-9(7-5-8)15-10(12)11(13)14/h4-7,10H,2-3H2,1H3,(H,13,14). The molecule has 4 heteroatoms. The van der Waals surface area contributed by atoms with E-state index in [9.17, 15) is 9.18 Å². The zero-order valence-corrected chi connectivity index (χ0v) is 8.44. The number of carboxylic acids is 1. The van der Waals surface area contributed by atoms with Crippen LogP contribution in [0.4, 0.5) is 4.39 Å². The summed E-state index contributed by atoms with van der Waals surface area (Å²) >= 11 is 0. The number of hydrogen-bond acceptors (Lipinski definition) is 2. The molecule has 1 atom stereocenters. The van der Waals surface area contributed by atoms with Crippen molar-refractivity contribution in [2.24, 2.45) is 0 Å². The van der Waals surface area contributed by atoms with Gasteiger partial charge in [-0.25, -0.2) is 4.79 Å². The van der Waals surface area contributed by atoms with Gasteiger partial charge in [0.1, 0.15) is 5.75 Å². The van der Waals surface area contributed by atoms with Gasteiger partial charge in [0.25, 0.3) is 0 Å². The summed E-state index contributed by atoms with van der Waals surface area (Å²) in [6.07, 6.45) is -0.332. The normalized spacial score (nSPS) is 12.1. The molecule has 15 heavy (non-hydrogen) atoms. The van der Waals surface area contributed by atoms with Crippen LogP contribution < -0.4 is 4.74 Å². The number of rotatable bonds is 5. The number of halogens is 1. The molecule has 0 radical (unpaired) electrons. The third-order valence-electron chi connectivity index (χ3n) is 1.90. The summed E-state index contributed by atoms with van der Waals surface area (Å²) in [5, 5.41) is 8.28. The van der Waals surface area contributed by atoms with E-state index in [-0.39, 0.29) is 5.75 Å². The van der Waals surface area contributed by atoms with E-state index < -0.39 is 12.3 Å². The van der Waals surface area contributed by atoms with Gasteiger partial charge in [-0.1, -0.05) is 25.5 Å². The van der Waals surface area contributed by atoms with Crippen LogP contribution in [-0.4, -0.2) is 17.4 Å². The Labute approximate surface area is 87.5 Å². The smallest absolute Gasteiger partial charge is 0.378 e. The molecule has 0 aliphatic rings. The topological polar surface area (TPSA) is 46.5 Å². The lowest BCUT2D eigenvalue weighted by atomic mass is 10.1. The average molecular weight is 212 g/mol. The van der Waals surface area contributed by atoms with Gasteiger partial charge < -0.3 is 9.84 Å². The summed E-state index contributed by atoms with van der Waals surface area (Å²) in [5.74, 6) is -1.39. The third-order valence-corrected chi connectivity index (χ3v) is 1.90. The summed E-state index contributed by atoms with van der Waals surface area (Å²) in [4.78, 5) is 10.2. The van der Waals surface area contributed by atoms with Gasteiger partial charge in [0.05, 0.1) is 0 Å².